The van der Waals surface area contributed by atoms with E-state index in [1.54, 1.807) is 19.0 Å². The molecule has 106 valence electrons. The minimum atomic E-state index is 0.0785. The Kier molecular flexibility index (Phi) is 6.36. The van der Waals surface area contributed by atoms with Crippen molar-refractivity contribution in [2.45, 2.75) is 26.3 Å². The van der Waals surface area contributed by atoms with E-state index in [0.29, 0.717) is 6.54 Å². The van der Waals surface area contributed by atoms with Gasteiger partial charge in [-0.15, -0.1) is 0 Å². The van der Waals surface area contributed by atoms with Crippen molar-refractivity contribution in [1.82, 2.24) is 10.2 Å². The molecule has 0 aliphatic carbocycles. The standard InChI is InChI=1S/C15H24N2O2/c1-5-10-19-14-8-6-13(7-9-14)12(2)16-11-15(18)17(3)4/h6-9,12,16H,5,10-11H2,1-4H3. The van der Waals surface area contributed by atoms with Crippen molar-refractivity contribution in [3.05, 3.63) is 29.8 Å². The van der Waals surface area contributed by atoms with Gasteiger partial charge >= 0.3 is 0 Å². The van der Waals surface area contributed by atoms with E-state index in [-0.39, 0.29) is 11.9 Å². The van der Waals surface area contributed by atoms with Crippen LogP contribution in [0.25, 0.3) is 0 Å². The highest BCUT2D eigenvalue weighted by Gasteiger charge is 2.08. The van der Waals surface area contributed by atoms with Crippen molar-refractivity contribution in [2.24, 2.45) is 0 Å². The molecule has 0 saturated heterocycles. The number of ether oxygens (including phenoxy) is 1. The molecule has 0 aliphatic heterocycles. The molecule has 0 aromatic heterocycles. The van der Waals surface area contributed by atoms with Gasteiger partial charge in [0, 0.05) is 20.1 Å². The first-order valence-corrected chi connectivity index (χ1v) is 6.71. The van der Waals surface area contributed by atoms with E-state index in [4.69, 9.17) is 4.74 Å². The largest absolute Gasteiger partial charge is 0.494 e. The minimum Gasteiger partial charge on any atom is -0.494 e. The third-order valence-electron chi connectivity index (χ3n) is 2.91. The van der Waals surface area contributed by atoms with Crippen LogP contribution in [0.5, 0.6) is 5.75 Å². The summed E-state index contributed by atoms with van der Waals surface area (Å²) < 4.78 is 5.54. The van der Waals surface area contributed by atoms with E-state index in [1.165, 1.54) is 0 Å². The van der Waals surface area contributed by atoms with Crippen molar-refractivity contribution in [1.29, 1.82) is 0 Å². The lowest BCUT2D eigenvalue weighted by Gasteiger charge is -2.16. The van der Waals surface area contributed by atoms with Crippen molar-refractivity contribution >= 4 is 5.91 Å². The molecule has 0 spiro atoms. The maximum atomic E-state index is 11.5. The maximum Gasteiger partial charge on any atom is 0.236 e. The molecule has 0 bridgehead atoms. The van der Waals surface area contributed by atoms with Crippen LogP contribution < -0.4 is 10.1 Å². The molecule has 0 aliphatic rings. The van der Waals surface area contributed by atoms with Gasteiger partial charge in [0.1, 0.15) is 5.75 Å². The number of hydrogen-bond donors (Lipinski definition) is 1. The molecule has 1 unspecified atom stereocenters. The molecule has 0 heterocycles. The van der Waals surface area contributed by atoms with Crippen LogP contribution in [0.2, 0.25) is 0 Å². The minimum absolute atomic E-state index is 0.0785. The lowest BCUT2D eigenvalue weighted by atomic mass is 10.1. The molecule has 0 saturated carbocycles. The van der Waals surface area contributed by atoms with Crippen molar-refractivity contribution in [3.8, 4) is 5.75 Å². The highest BCUT2D eigenvalue weighted by atomic mass is 16.5. The van der Waals surface area contributed by atoms with Gasteiger partial charge in [-0.2, -0.15) is 0 Å². The lowest BCUT2D eigenvalue weighted by molar-refractivity contribution is -0.127. The fraction of sp³-hybridized carbons (Fsp3) is 0.533. The van der Waals surface area contributed by atoms with Crippen LogP contribution >= 0.6 is 0 Å². The molecular formula is C15H24N2O2. The first kappa shape index (κ1) is 15.5. The number of likely N-dealkylation sites (N-methyl/N-ethyl adjacent to an activating group) is 1. The fourth-order valence-electron chi connectivity index (χ4n) is 1.59. The predicted octanol–water partition coefficient (Wildman–Crippen LogP) is 2.21. The highest BCUT2D eigenvalue weighted by Crippen LogP contribution is 2.17. The normalized spacial score (nSPS) is 12.0. The number of benzene rings is 1. The van der Waals surface area contributed by atoms with Crippen LogP contribution in [0.3, 0.4) is 0 Å². The Morgan fingerprint density at radius 2 is 1.95 bits per heavy atom. The summed E-state index contributed by atoms with van der Waals surface area (Å²) in [6.45, 7) is 5.22. The van der Waals surface area contributed by atoms with Crippen LogP contribution in [-0.2, 0) is 4.79 Å². The zero-order chi connectivity index (χ0) is 14.3. The Hall–Kier alpha value is -1.55. The van der Waals surface area contributed by atoms with E-state index >= 15 is 0 Å². The number of nitrogens with zero attached hydrogens (tertiary/aromatic N) is 1. The average molecular weight is 264 g/mol. The van der Waals surface area contributed by atoms with Gasteiger partial charge in [0.15, 0.2) is 0 Å². The number of rotatable bonds is 7. The van der Waals surface area contributed by atoms with Crippen LogP contribution in [0, 0.1) is 0 Å². The number of carbonyl (C=O) groups is 1. The molecule has 4 heteroatoms. The number of carbonyl (C=O) groups excluding carboxylic acids is 1. The summed E-state index contributed by atoms with van der Waals surface area (Å²) in [5.41, 5.74) is 1.15. The van der Waals surface area contributed by atoms with Crippen LogP contribution in [0.15, 0.2) is 24.3 Å². The Bertz CT molecular complexity index is 388. The van der Waals surface area contributed by atoms with E-state index in [0.717, 1.165) is 24.3 Å². The van der Waals surface area contributed by atoms with Crippen LogP contribution in [0.1, 0.15) is 31.9 Å². The van der Waals surface area contributed by atoms with Gasteiger partial charge in [-0.05, 0) is 31.0 Å². The van der Waals surface area contributed by atoms with Crippen LogP contribution in [0.4, 0.5) is 0 Å². The summed E-state index contributed by atoms with van der Waals surface area (Å²) in [5.74, 6) is 0.969. The third kappa shape index (κ3) is 5.30. The second kappa shape index (κ2) is 7.79. The molecular weight excluding hydrogens is 240 g/mol. The molecule has 1 amide bonds. The topological polar surface area (TPSA) is 41.6 Å². The SMILES string of the molecule is CCCOc1ccc(C(C)NCC(=O)N(C)C)cc1. The van der Waals surface area contributed by atoms with E-state index in [9.17, 15) is 4.79 Å². The summed E-state index contributed by atoms with van der Waals surface area (Å²) in [5, 5.41) is 3.21. The van der Waals surface area contributed by atoms with E-state index in [2.05, 4.69) is 12.2 Å². The monoisotopic (exact) mass is 264 g/mol. The van der Waals surface area contributed by atoms with Crippen molar-refractivity contribution < 1.29 is 9.53 Å². The second-order valence-electron chi connectivity index (χ2n) is 4.81. The second-order valence-corrected chi connectivity index (χ2v) is 4.81. The third-order valence-corrected chi connectivity index (χ3v) is 2.91. The maximum absolute atomic E-state index is 11.5. The number of amides is 1. The van der Waals surface area contributed by atoms with Gasteiger partial charge in [-0.25, -0.2) is 0 Å². The summed E-state index contributed by atoms with van der Waals surface area (Å²) >= 11 is 0. The molecule has 1 atom stereocenters. The fourth-order valence-corrected chi connectivity index (χ4v) is 1.59. The summed E-state index contributed by atoms with van der Waals surface area (Å²) in [6.07, 6.45) is 1.01. The molecule has 1 rings (SSSR count). The smallest absolute Gasteiger partial charge is 0.236 e. The van der Waals surface area contributed by atoms with Crippen molar-refractivity contribution in [3.63, 3.8) is 0 Å². The Morgan fingerprint density at radius 3 is 2.47 bits per heavy atom. The van der Waals surface area contributed by atoms with Gasteiger partial charge in [-0.1, -0.05) is 19.1 Å². The zero-order valence-corrected chi connectivity index (χ0v) is 12.3. The summed E-state index contributed by atoms with van der Waals surface area (Å²) in [6, 6.07) is 8.14. The van der Waals surface area contributed by atoms with E-state index < -0.39 is 0 Å². The molecule has 0 fully saturated rings. The van der Waals surface area contributed by atoms with Crippen LogP contribution in [-0.4, -0.2) is 38.1 Å². The van der Waals surface area contributed by atoms with E-state index in [1.807, 2.05) is 31.2 Å². The van der Waals surface area contributed by atoms with Gasteiger partial charge in [0.2, 0.25) is 5.91 Å². The Labute approximate surface area is 115 Å². The summed E-state index contributed by atoms with van der Waals surface area (Å²) in [7, 11) is 3.52. The lowest BCUT2D eigenvalue weighted by Crippen LogP contribution is -2.34. The van der Waals surface area contributed by atoms with Gasteiger partial charge < -0.3 is 15.0 Å². The zero-order valence-electron chi connectivity index (χ0n) is 12.3. The summed E-state index contributed by atoms with van der Waals surface area (Å²) in [4.78, 5) is 13.1. The first-order valence-electron chi connectivity index (χ1n) is 6.71. The number of hydrogen-bond acceptors (Lipinski definition) is 3. The molecule has 1 aromatic carbocycles. The van der Waals surface area contributed by atoms with Gasteiger partial charge in [0.05, 0.1) is 13.2 Å². The molecule has 1 N–H and O–H groups in total. The van der Waals surface area contributed by atoms with Gasteiger partial charge in [-0.3, -0.25) is 4.79 Å². The average Bonchev–Trinajstić information content (AvgIpc) is 2.42. The molecule has 0 radical (unpaired) electrons. The first-order chi connectivity index (χ1) is 9.04. The quantitative estimate of drug-likeness (QED) is 0.821. The Morgan fingerprint density at radius 1 is 1.32 bits per heavy atom. The van der Waals surface area contributed by atoms with Gasteiger partial charge in [0.25, 0.3) is 0 Å². The Balaban J connectivity index is 2.48. The van der Waals surface area contributed by atoms with Crippen molar-refractivity contribution in [2.75, 3.05) is 27.2 Å². The number of nitrogens with one attached hydrogen (secondary N) is 1. The highest BCUT2D eigenvalue weighted by molar-refractivity contribution is 5.77. The molecule has 4 nitrogen and oxygen atoms in total. The molecule has 19 heavy (non-hydrogen) atoms. The molecule has 1 aromatic rings. The predicted molar refractivity (Wildman–Crippen MR) is 77.3 cm³/mol.